The van der Waals surface area contributed by atoms with Crippen LogP contribution in [0.15, 0.2) is 24.3 Å². The molecule has 0 spiro atoms. The third-order valence-electron chi connectivity index (χ3n) is 3.34. The number of carbonyl (C=O) groups is 2. The first-order valence-corrected chi connectivity index (χ1v) is 7.28. The van der Waals surface area contributed by atoms with Crippen LogP contribution in [0, 0.1) is 11.3 Å². The number of hydrogen-bond acceptors (Lipinski definition) is 2. The van der Waals surface area contributed by atoms with Crippen molar-refractivity contribution in [3.05, 3.63) is 35.4 Å². The molecular formula is C17H25NO3. The molecule has 0 saturated heterocycles. The maximum Gasteiger partial charge on any atom is 0.310 e. The molecule has 0 fully saturated rings. The van der Waals surface area contributed by atoms with Gasteiger partial charge in [0.1, 0.15) is 0 Å². The SMILES string of the molecule is CC(C)Cc1ccc(CC(=O)NCC(C)(C)C(=O)O)cc1. The Morgan fingerprint density at radius 1 is 1.14 bits per heavy atom. The summed E-state index contributed by atoms with van der Waals surface area (Å²) in [5.74, 6) is -0.459. The van der Waals surface area contributed by atoms with Crippen LogP contribution in [-0.2, 0) is 22.4 Å². The second kappa shape index (κ2) is 7.25. The molecule has 1 aromatic rings. The molecule has 0 heterocycles. The van der Waals surface area contributed by atoms with Gasteiger partial charge in [-0.25, -0.2) is 0 Å². The molecular weight excluding hydrogens is 266 g/mol. The molecule has 0 aromatic heterocycles. The number of hydrogen-bond donors (Lipinski definition) is 2. The highest BCUT2D eigenvalue weighted by Gasteiger charge is 2.27. The molecule has 1 rings (SSSR count). The highest BCUT2D eigenvalue weighted by atomic mass is 16.4. The van der Waals surface area contributed by atoms with Gasteiger partial charge >= 0.3 is 5.97 Å². The van der Waals surface area contributed by atoms with Crippen LogP contribution >= 0.6 is 0 Å². The predicted molar refractivity (Wildman–Crippen MR) is 83.1 cm³/mol. The minimum atomic E-state index is -0.948. The molecule has 1 amide bonds. The zero-order valence-electron chi connectivity index (χ0n) is 13.3. The van der Waals surface area contributed by atoms with Gasteiger partial charge in [-0.05, 0) is 37.3 Å². The van der Waals surface area contributed by atoms with E-state index >= 15 is 0 Å². The summed E-state index contributed by atoms with van der Waals surface area (Å²) >= 11 is 0. The van der Waals surface area contributed by atoms with Gasteiger partial charge in [0.15, 0.2) is 0 Å². The van der Waals surface area contributed by atoms with Gasteiger partial charge in [0.25, 0.3) is 0 Å². The summed E-state index contributed by atoms with van der Waals surface area (Å²) in [7, 11) is 0. The van der Waals surface area contributed by atoms with Crippen molar-refractivity contribution in [3.8, 4) is 0 Å². The van der Waals surface area contributed by atoms with Crippen LogP contribution in [0.3, 0.4) is 0 Å². The van der Waals surface area contributed by atoms with Crippen molar-refractivity contribution in [2.24, 2.45) is 11.3 Å². The molecule has 21 heavy (non-hydrogen) atoms. The first-order chi connectivity index (χ1) is 9.70. The van der Waals surface area contributed by atoms with E-state index in [0.29, 0.717) is 5.92 Å². The summed E-state index contributed by atoms with van der Waals surface area (Å²) in [4.78, 5) is 22.8. The number of aliphatic carboxylic acids is 1. The maximum absolute atomic E-state index is 11.8. The van der Waals surface area contributed by atoms with Gasteiger partial charge in [-0.15, -0.1) is 0 Å². The van der Waals surface area contributed by atoms with Gasteiger partial charge in [-0.2, -0.15) is 0 Å². The van der Waals surface area contributed by atoms with Crippen LogP contribution in [0.4, 0.5) is 0 Å². The molecule has 4 nitrogen and oxygen atoms in total. The lowest BCUT2D eigenvalue weighted by molar-refractivity contribution is -0.146. The largest absolute Gasteiger partial charge is 0.481 e. The Bertz CT molecular complexity index is 489. The number of amides is 1. The first kappa shape index (κ1) is 17.2. The summed E-state index contributed by atoms with van der Waals surface area (Å²) in [5.41, 5.74) is 1.26. The average molecular weight is 291 g/mol. The molecule has 0 aliphatic rings. The molecule has 0 saturated carbocycles. The number of benzene rings is 1. The van der Waals surface area contributed by atoms with E-state index in [1.54, 1.807) is 13.8 Å². The zero-order valence-corrected chi connectivity index (χ0v) is 13.3. The van der Waals surface area contributed by atoms with Gasteiger partial charge in [0.2, 0.25) is 5.91 Å². The zero-order chi connectivity index (χ0) is 16.0. The van der Waals surface area contributed by atoms with Gasteiger partial charge in [0.05, 0.1) is 11.8 Å². The average Bonchev–Trinajstić information content (AvgIpc) is 2.38. The van der Waals surface area contributed by atoms with Crippen molar-refractivity contribution in [3.63, 3.8) is 0 Å². The van der Waals surface area contributed by atoms with Gasteiger partial charge in [0, 0.05) is 6.54 Å². The fourth-order valence-electron chi connectivity index (χ4n) is 1.91. The highest BCUT2D eigenvalue weighted by Crippen LogP contribution is 2.13. The summed E-state index contributed by atoms with van der Waals surface area (Å²) in [6.07, 6.45) is 1.30. The van der Waals surface area contributed by atoms with Gasteiger partial charge in [-0.3, -0.25) is 9.59 Å². The summed E-state index contributed by atoms with van der Waals surface area (Å²) in [5, 5.41) is 11.7. The van der Waals surface area contributed by atoms with E-state index in [-0.39, 0.29) is 18.9 Å². The molecule has 0 aliphatic heterocycles. The van der Waals surface area contributed by atoms with Crippen molar-refractivity contribution in [1.29, 1.82) is 0 Å². The smallest absolute Gasteiger partial charge is 0.310 e. The van der Waals surface area contributed by atoms with Crippen LogP contribution in [0.2, 0.25) is 0 Å². The number of carboxylic acid groups (broad SMARTS) is 1. The van der Waals surface area contributed by atoms with Crippen LogP contribution in [0.25, 0.3) is 0 Å². The number of rotatable bonds is 7. The first-order valence-electron chi connectivity index (χ1n) is 7.28. The second-order valence-electron chi connectivity index (χ2n) is 6.56. The summed E-state index contributed by atoms with van der Waals surface area (Å²) in [6.45, 7) is 7.66. The van der Waals surface area contributed by atoms with Crippen molar-refractivity contribution < 1.29 is 14.7 Å². The Kier molecular flexibility index (Phi) is 5.94. The maximum atomic E-state index is 11.8. The minimum absolute atomic E-state index is 0.132. The Morgan fingerprint density at radius 2 is 1.67 bits per heavy atom. The van der Waals surface area contributed by atoms with E-state index in [4.69, 9.17) is 5.11 Å². The van der Waals surface area contributed by atoms with E-state index in [9.17, 15) is 9.59 Å². The highest BCUT2D eigenvalue weighted by molar-refractivity contribution is 5.80. The molecule has 116 valence electrons. The monoisotopic (exact) mass is 291 g/mol. The number of nitrogens with one attached hydrogen (secondary N) is 1. The quantitative estimate of drug-likeness (QED) is 0.811. The molecule has 0 bridgehead atoms. The summed E-state index contributed by atoms with van der Waals surface area (Å²) < 4.78 is 0. The van der Waals surface area contributed by atoms with Crippen LogP contribution in [0.1, 0.15) is 38.8 Å². The number of carbonyl (C=O) groups excluding carboxylic acids is 1. The Labute approximate surface area is 126 Å². The Morgan fingerprint density at radius 3 is 2.14 bits per heavy atom. The van der Waals surface area contributed by atoms with Gasteiger partial charge < -0.3 is 10.4 Å². The molecule has 2 N–H and O–H groups in total. The Balaban J connectivity index is 2.50. The van der Waals surface area contributed by atoms with E-state index < -0.39 is 11.4 Å². The minimum Gasteiger partial charge on any atom is -0.481 e. The predicted octanol–water partition coefficient (Wildman–Crippen LogP) is 2.65. The third-order valence-corrected chi connectivity index (χ3v) is 3.34. The van der Waals surface area contributed by atoms with Crippen LogP contribution in [0.5, 0.6) is 0 Å². The van der Waals surface area contributed by atoms with Crippen LogP contribution < -0.4 is 5.32 Å². The van der Waals surface area contributed by atoms with Gasteiger partial charge in [-0.1, -0.05) is 38.1 Å². The third kappa shape index (κ3) is 5.98. The fraction of sp³-hybridized carbons (Fsp3) is 0.529. The van der Waals surface area contributed by atoms with Crippen LogP contribution in [-0.4, -0.2) is 23.5 Å². The molecule has 0 atom stereocenters. The molecule has 0 aliphatic carbocycles. The van der Waals surface area contributed by atoms with Crippen molar-refractivity contribution in [1.82, 2.24) is 5.32 Å². The lowest BCUT2D eigenvalue weighted by Gasteiger charge is -2.19. The van der Waals surface area contributed by atoms with E-state index in [1.807, 2.05) is 24.3 Å². The molecule has 0 radical (unpaired) electrons. The lowest BCUT2D eigenvalue weighted by Crippen LogP contribution is -2.39. The lowest BCUT2D eigenvalue weighted by atomic mass is 9.94. The molecule has 0 unspecified atom stereocenters. The molecule has 4 heteroatoms. The standard InChI is InChI=1S/C17H25NO3/c1-12(2)9-13-5-7-14(8-6-13)10-15(19)18-11-17(3,4)16(20)21/h5-8,12H,9-11H2,1-4H3,(H,18,19)(H,20,21). The fourth-order valence-corrected chi connectivity index (χ4v) is 1.91. The van der Waals surface area contributed by atoms with Crippen molar-refractivity contribution >= 4 is 11.9 Å². The van der Waals surface area contributed by atoms with E-state index in [1.165, 1.54) is 5.56 Å². The topological polar surface area (TPSA) is 66.4 Å². The van der Waals surface area contributed by atoms with E-state index in [2.05, 4.69) is 19.2 Å². The normalized spacial score (nSPS) is 11.5. The molecule has 1 aromatic carbocycles. The Hall–Kier alpha value is -1.84. The summed E-state index contributed by atoms with van der Waals surface area (Å²) in [6, 6.07) is 8.01. The van der Waals surface area contributed by atoms with E-state index in [0.717, 1.165) is 12.0 Å². The number of carboxylic acids is 1. The van der Waals surface area contributed by atoms with Crippen molar-refractivity contribution in [2.45, 2.75) is 40.5 Å². The van der Waals surface area contributed by atoms with Crippen molar-refractivity contribution in [2.75, 3.05) is 6.54 Å². The second-order valence-corrected chi connectivity index (χ2v) is 6.56.